The number of ether oxygens (including phenoxy) is 1. The third-order valence-electron chi connectivity index (χ3n) is 7.24. The quantitative estimate of drug-likeness (QED) is 0.0960. The molecule has 0 radical (unpaired) electrons. The summed E-state index contributed by atoms with van der Waals surface area (Å²) < 4.78 is 10.9. The second kappa shape index (κ2) is 14.6. The number of para-hydroxylation sites is 1. The number of nitrogens with zero attached hydrogens (tertiary/aromatic N) is 2. The van der Waals surface area contributed by atoms with Gasteiger partial charge < -0.3 is 50.5 Å². The monoisotopic (exact) mass is 640 g/mol. The van der Waals surface area contributed by atoms with Crippen LogP contribution in [0, 0.1) is 0 Å². The van der Waals surface area contributed by atoms with Crippen molar-refractivity contribution >= 4 is 28.8 Å². The van der Waals surface area contributed by atoms with Crippen molar-refractivity contribution in [2.24, 2.45) is 0 Å². The highest BCUT2D eigenvalue weighted by Gasteiger charge is 2.34. The third-order valence-corrected chi connectivity index (χ3v) is 7.24. The summed E-state index contributed by atoms with van der Waals surface area (Å²) in [6.45, 7) is 2.40. The lowest BCUT2D eigenvalue weighted by Crippen LogP contribution is -2.49. The van der Waals surface area contributed by atoms with Gasteiger partial charge in [0.1, 0.15) is 11.1 Å². The fraction of sp³-hybridized carbons (Fsp3) is 0.226. The van der Waals surface area contributed by atoms with Gasteiger partial charge in [-0.05, 0) is 29.8 Å². The molecule has 0 bridgehead atoms. The van der Waals surface area contributed by atoms with E-state index in [0.29, 0.717) is 32.7 Å². The maximum Gasteiger partial charge on any atom is 0.343 e. The van der Waals surface area contributed by atoms with Crippen LogP contribution in [0.5, 0.6) is 17.2 Å². The normalized spacial score (nSPS) is 14.4. The second-order valence-electron chi connectivity index (χ2n) is 10.2. The minimum atomic E-state index is -2.53. The van der Waals surface area contributed by atoms with Crippen LogP contribution < -0.4 is 10.2 Å². The Bertz CT molecular complexity index is 1780. The number of phenols is 2. The number of aliphatic hydroxyl groups excluding tert-OH is 2. The summed E-state index contributed by atoms with van der Waals surface area (Å²) in [5.74, 6) is -7.06. The van der Waals surface area contributed by atoms with E-state index in [1.54, 1.807) is 12.1 Å². The number of piperazine rings is 1. The number of carboxylic acids is 1. The van der Waals surface area contributed by atoms with Crippen LogP contribution in [0.1, 0.15) is 15.9 Å². The number of rotatable bonds is 8. The lowest BCUT2D eigenvalue weighted by Gasteiger charge is -2.34. The molecule has 2 atom stereocenters. The number of carboxylic acid groups (broad SMARTS) is 1. The van der Waals surface area contributed by atoms with Crippen molar-refractivity contribution in [2.75, 3.05) is 26.2 Å². The first-order valence-electron chi connectivity index (χ1n) is 13.5. The van der Waals surface area contributed by atoms with E-state index in [2.05, 4.69) is 4.90 Å². The van der Waals surface area contributed by atoms with Crippen LogP contribution in [0.2, 0.25) is 0 Å². The van der Waals surface area contributed by atoms with Gasteiger partial charge >= 0.3 is 11.9 Å². The lowest BCUT2D eigenvalue weighted by atomic mass is 10.0. The average molecular weight is 641 g/mol. The summed E-state index contributed by atoms with van der Waals surface area (Å²) in [6.07, 6.45) is -5.06. The van der Waals surface area contributed by atoms with Crippen LogP contribution in [0.15, 0.2) is 75.9 Å². The van der Waals surface area contributed by atoms with E-state index in [9.17, 15) is 39.6 Å². The zero-order chi connectivity index (χ0) is 31.5. The first kappa shape index (κ1) is 35.2. The molecule has 1 amide bonds. The molecule has 4 aromatic rings. The molecular weight excluding hydrogens is 608 g/mol. The summed E-state index contributed by atoms with van der Waals surface area (Å²) in [7, 11) is 0. The maximum absolute atomic E-state index is 13.9. The van der Waals surface area contributed by atoms with E-state index >= 15 is 0 Å². The molecule has 15 heteroatoms. The number of amides is 1. The van der Waals surface area contributed by atoms with Gasteiger partial charge in [0, 0.05) is 38.3 Å². The van der Waals surface area contributed by atoms with Gasteiger partial charge in [0.2, 0.25) is 11.2 Å². The summed E-state index contributed by atoms with van der Waals surface area (Å²) in [6, 6.07) is 18.0. The van der Waals surface area contributed by atoms with Gasteiger partial charge in [0.15, 0.2) is 29.5 Å². The molecule has 1 aromatic heterocycles. The predicted molar refractivity (Wildman–Crippen MR) is 161 cm³/mol. The van der Waals surface area contributed by atoms with Gasteiger partial charge in [-0.1, -0.05) is 42.5 Å². The topological polar surface area (TPSA) is 261 Å². The van der Waals surface area contributed by atoms with E-state index < -0.39 is 52.7 Å². The summed E-state index contributed by atoms with van der Waals surface area (Å²) in [4.78, 5) is 54.5. The van der Waals surface area contributed by atoms with Crippen molar-refractivity contribution in [1.82, 2.24) is 9.80 Å². The highest BCUT2D eigenvalue weighted by atomic mass is 16.6. The fourth-order valence-electron chi connectivity index (χ4n) is 4.88. The minimum absolute atomic E-state index is 0. The number of aliphatic carboxylic acids is 1. The van der Waals surface area contributed by atoms with Crippen molar-refractivity contribution in [3.05, 3.63) is 88.1 Å². The van der Waals surface area contributed by atoms with Gasteiger partial charge in [-0.2, -0.15) is 0 Å². The smallest absolute Gasteiger partial charge is 0.343 e. The van der Waals surface area contributed by atoms with Crippen LogP contribution >= 0.6 is 0 Å². The Labute approximate surface area is 260 Å². The zero-order valence-electron chi connectivity index (χ0n) is 24.1. The van der Waals surface area contributed by atoms with Crippen LogP contribution in [0.3, 0.4) is 0 Å². The second-order valence-corrected chi connectivity index (χ2v) is 10.2. The Morgan fingerprint density at radius 3 is 2.15 bits per heavy atom. The van der Waals surface area contributed by atoms with Crippen LogP contribution in [0.25, 0.3) is 22.3 Å². The molecule has 1 aliphatic rings. The number of esters is 1. The maximum atomic E-state index is 13.9. The molecule has 1 fully saturated rings. The summed E-state index contributed by atoms with van der Waals surface area (Å²) >= 11 is 0. The van der Waals surface area contributed by atoms with Crippen molar-refractivity contribution in [3.63, 3.8) is 0 Å². The number of fused-ring (bicyclic) bond motifs is 1. The molecule has 15 nitrogen and oxygen atoms in total. The number of benzene rings is 3. The molecule has 0 aliphatic carbocycles. The summed E-state index contributed by atoms with van der Waals surface area (Å²) in [5, 5.41) is 49.0. The number of aliphatic hydroxyl groups is 2. The average Bonchev–Trinajstić information content (AvgIpc) is 3.02. The van der Waals surface area contributed by atoms with E-state index in [0.717, 1.165) is 17.7 Å². The Kier molecular flexibility index (Phi) is 11.2. The van der Waals surface area contributed by atoms with E-state index in [4.69, 9.17) is 14.3 Å². The molecule has 9 N–H and O–H groups in total. The summed E-state index contributed by atoms with van der Waals surface area (Å²) in [5.41, 5.74) is 0.0834. The Morgan fingerprint density at radius 1 is 0.870 bits per heavy atom. The van der Waals surface area contributed by atoms with Crippen LogP contribution in [-0.4, -0.2) is 103 Å². The number of phenolic OH excluding ortho intramolecular Hbond substituents is 2. The third kappa shape index (κ3) is 7.14. The number of hydrogen-bond donors (Lipinski definition) is 5. The highest BCUT2D eigenvalue weighted by Crippen LogP contribution is 2.41. The Morgan fingerprint density at radius 2 is 1.50 bits per heavy atom. The van der Waals surface area contributed by atoms with Crippen molar-refractivity contribution in [2.45, 2.75) is 18.8 Å². The predicted octanol–water partition coefficient (Wildman–Crippen LogP) is -0.108. The Hall–Kier alpha value is -5.32. The van der Waals surface area contributed by atoms with E-state index in [-0.39, 0.29) is 38.8 Å². The van der Waals surface area contributed by atoms with Gasteiger partial charge in [-0.15, -0.1) is 0 Å². The molecule has 46 heavy (non-hydrogen) atoms. The zero-order valence-corrected chi connectivity index (χ0v) is 24.1. The van der Waals surface area contributed by atoms with E-state index in [1.807, 2.05) is 30.3 Å². The SMILES string of the molecule is O.O.O=C(O)C(O)C(O)C(=O)Oc1cc(-c2oc3ccccc3c(=O)c2C(=O)N2CCN(Cc3ccccc3)CC2)cc(O)c1O. The lowest BCUT2D eigenvalue weighted by molar-refractivity contribution is -0.164. The van der Waals surface area contributed by atoms with Crippen molar-refractivity contribution < 1.29 is 60.0 Å². The number of hydrogen-bond acceptors (Lipinski definition) is 11. The largest absolute Gasteiger partial charge is 0.504 e. The molecule has 0 saturated carbocycles. The van der Waals surface area contributed by atoms with Gasteiger partial charge in [-0.25, -0.2) is 9.59 Å². The van der Waals surface area contributed by atoms with Crippen molar-refractivity contribution in [3.8, 4) is 28.6 Å². The van der Waals surface area contributed by atoms with Crippen molar-refractivity contribution in [1.29, 1.82) is 0 Å². The standard InChI is InChI=1S/C31H28N2O11.2H2O/c34-20-14-18(15-22(25(20)36)44-31(42)27(38)26(37)30(40)41)28-23(24(35)19-8-4-5-9-21(19)43-28)29(39)33-12-10-32(11-13-33)16-17-6-2-1-3-7-17;;/h1-9,14-15,26-27,34,36-38H,10-13,16H2,(H,40,41);2*1H2. The van der Waals surface area contributed by atoms with Crippen LogP contribution in [-0.2, 0) is 16.1 Å². The molecular formula is C31H32N2O13. The van der Waals surface area contributed by atoms with Crippen LogP contribution in [0.4, 0.5) is 0 Å². The molecule has 0 spiro atoms. The van der Waals surface area contributed by atoms with E-state index in [1.165, 1.54) is 17.0 Å². The number of carbonyl (C=O) groups is 3. The highest BCUT2D eigenvalue weighted by molar-refractivity contribution is 6.02. The molecule has 1 saturated heterocycles. The van der Waals surface area contributed by atoms with Gasteiger partial charge in [0.05, 0.1) is 5.39 Å². The molecule has 2 unspecified atom stereocenters. The molecule has 244 valence electrons. The number of aromatic hydroxyl groups is 2. The fourth-order valence-corrected chi connectivity index (χ4v) is 4.88. The molecule has 1 aliphatic heterocycles. The van der Waals surface area contributed by atoms with Gasteiger partial charge in [0.25, 0.3) is 5.91 Å². The number of carbonyl (C=O) groups excluding carboxylic acids is 2. The Balaban J connectivity index is 0.00000288. The van der Waals surface area contributed by atoms with Gasteiger partial charge in [-0.3, -0.25) is 14.5 Å². The first-order chi connectivity index (χ1) is 21.0. The molecule has 3 aromatic carbocycles. The molecule has 2 heterocycles. The minimum Gasteiger partial charge on any atom is -0.504 e. The first-order valence-corrected chi connectivity index (χ1v) is 13.5. The molecule has 5 rings (SSSR count).